The third kappa shape index (κ3) is 4.75. The molecule has 0 saturated carbocycles. The molecule has 25 heavy (non-hydrogen) atoms. The summed E-state index contributed by atoms with van der Waals surface area (Å²) in [7, 11) is 1.56. The van der Waals surface area contributed by atoms with Crippen LogP contribution in [0.3, 0.4) is 0 Å². The van der Waals surface area contributed by atoms with Gasteiger partial charge in [-0.3, -0.25) is 9.48 Å². The number of nitrogens with zero attached hydrogens (tertiary/aromatic N) is 2. The lowest BCUT2D eigenvalue weighted by Gasteiger charge is -2.09. The molecule has 2 aromatic rings. The number of aryl methyl sites for hydroxylation is 1. The molecule has 0 aliphatic rings. The Balaban J connectivity index is 1.98. The van der Waals surface area contributed by atoms with E-state index >= 15 is 0 Å². The fraction of sp³-hybridized carbons (Fsp3) is 0.474. The first-order chi connectivity index (χ1) is 11.8. The lowest BCUT2D eigenvalue weighted by atomic mass is 10.1. The van der Waals surface area contributed by atoms with Crippen LogP contribution in [-0.2, 0) is 17.8 Å². The highest BCUT2D eigenvalue weighted by molar-refractivity contribution is 5.91. The summed E-state index contributed by atoms with van der Waals surface area (Å²) in [5, 5.41) is 7.48. The van der Waals surface area contributed by atoms with Gasteiger partial charge in [0, 0.05) is 24.3 Å². The van der Waals surface area contributed by atoms with Crippen LogP contribution in [0, 0.1) is 19.8 Å². The van der Waals surface area contributed by atoms with Crippen molar-refractivity contribution in [1.29, 1.82) is 0 Å². The fourth-order valence-electron chi connectivity index (χ4n) is 2.89. The summed E-state index contributed by atoms with van der Waals surface area (Å²) < 4.78 is 7.16. The zero-order valence-corrected chi connectivity index (χ0v) is 15.7. The Labute approximate surface area is 149 Å². The second kappa shape index (κ2) is 8.05. The topological polar surface area (TPSA) is 82.2 Å². The standard InChI is InChI=1S/C19H28N4O2/c1-12(2)11-23-14(4)16(13(3)22-23)7-9-19(24)21-15-6-8-18(25-5)17(20)10-15/h6,8,10,12H,7,9,11,20H2,1-5H3,(H,21,24). The van der Waals surface area contributed by atoms with Crippen molar-refractivity contribution in [3.8, 4) is 5.75 Å². The number of nitrogens with one attached hydrogen (secondary N) is 1. The Morgan fingerprint density at radius 1 is 1.36 bits per heavy atom. The molecule has 0 atom stereocenters. The number of aromatic nitrogens is 2. The van der Waals surface area contributed by atoms with Crippen LogP contribution in [0.15, 0.2) is 18.2 Å². The predicted octanol–water partition coefficient (Wildman–Crippen LogP) is 3.32. The summed E-state index contributed by atoms with van der Waals surface area (Å²) in [4.78, 5) is 12.2. The zero-order valence-electron chi connectivity index (χ0n) is 15.7. The van der Waals surface area contributed by atoms with Gasteiger partial charge in [-0.15, -0.1) is 0 Å². The minimum absolute atomic E-state index is 0.0417. The zero-order chi connectivity index (χ0) is 18.6. The number of hydrogen-bond donors (Lipinski definition) is 2. The number of nitrogen functional groups attached to an aromatic ring is 1. The summed E-state index contributed by atoms with van der Waals surface area (Å²) in [5.41, 5.74) is 10.3. The number of benzene rings is 1. The van der Waals surface area contributed by atoms with Gasteiger partial charge in [0.2, 0.25) is 5.91 Å². The Hall–Kier alpha value is -2.50. The molecule has 0 bridgehead atoms. The van der Waals surface area contributed by atoms with Crippen LogP contribution in [-0.4, -0.2) is 22.8 Å². The van der Waals surface area contributed by atoms with E-state index in [0.29, 0.717) is 35.9 Å². The first-order valence-corrected chi connectivity index (χ1v) is 8.58. The van der Waals surface area contributed by atoms with E-state index in [2.05, 4.69) is 31.2 Å². The van der Waals surface area contributed by atoms with E-state index in [1.807, 2.05) is 11.6 Å². The summed E-state index contributed by atoms with van der Waals surface area (Å²) in [6.07, 6.45) is 1.08. The highest BCUT2D eigenvalue weighted by Crippen LogP contribution is 2.25. The normalized spacial score (nSPS) is 11.0. The van der Waals surface area contributed by atoms with Gasteiger partial charge < -0.3 is 15.8 Å². The van der Waals surface area contributed by atoms with Crippen LogP contribution in [0.25, 0.3) is 0 Å². The first-order valence-electron chi connectivity index (χ1n) is 8.58. The van der Waals surface area contributed by atoms with E-state index in [4.69, 9.17) is 10.5 Å². The maximum absolute atomic E-state index is 12.2. The van der Waals surface area contributed by atoms with Crippen LogP contribution >= 0.6 is 0 Å². The van der Waals surface area contributed by atoms with Crippen LogP contribution in [0.2, 0.25) is 0 Å². The molecule has 0 spiro atoms. The van der Waals surface area contributed by atoms with E-state index in [0.717, 1.165) is 23.5 Å². The first kappa shape index (κ1) is 18.8. The van der Waals surface area contributed by atoms with Crippen molar-refractivity contribution in [3.63, 3.8) is 0 Å². The number of carbonyl (C=O) groups excluding carboxylic acids is 1. The number of methoxy groups -OCH3 is 1. The summed E-state index contributed by atoms with van der Waals surface area (Å²) in [5.74, 6) is 1.09. The maximum atomic E-state index is 12.2. The number of amides is 1. The molecule has 0 saturated heterocycles. The number of anilines is 2. The van der Waals surface area contributed by atoms with Crippen LogP contribution in [0.5, 0.6) is 5.75 Å². The number of rotatable bonds is 7. The molecule has 3 N–H and O–H groups in total. The van der Waals surface area contributed by atoms with Crippen LogP contribution < -0.4 is 15.8 Å². The molecule has 1 amide bonds. The molecule has 0 unspecified atom stereocenters. The number of nitrogens with two attached hydrogens (primary N) is 1. The molecule has 2 rings (SSSR count). The van der Waals surface area contributed by atoms with Gasteiger partial charge in [-0.2, -0.15) is 5.10 Å². The molecule has 1 aromatic heterocycles. The van der Waals surface area contributed by atoms with Crippen molar-refractivity contribution >= 4 is 17.3 Å². The molecule has 0 radical (unpaired) electrons. The van der Waals surface area contributed by atoms with Gasteiger partial charge in [-0.05, 0) is 49.9 Å². The highest BCUT2D eigenvalue weighted by Gasteiger charge is 2.14. The second-order valence-electron chi connectivity index (χ2n) is 6.73. The fourth-order valence-corrected chi connectivity index (χ4v) is 2.89. The van der Waals surface area contributed by atoms with E-state index in [1.165, 1.54) is 0 Å². The highest BCUT2D eigenvalue weighted by atomic mass is 16.5. The molecular weight excluding hydrogens is 316 g/mol. The van der Waals surface area contributed by atoms with E-state index in [1.54, 1.807) is 25.3 Å². The Morgan fingerprint density at radius 3 is 2.68 bits per heavy atom. The van der Waals surface area contributed by atoms with Crippen molar-refractivity contribution < 1.29 is 9.53 Å². The molecule has 6 heteroatoms. The maximum Gasteiger partial charge on any atom is 0.224 e. The van der Waals surface area contributed by atoms with Gasteiger partial charge in [0.1, 0.15) is 5.75 Å². The van der Waals surface area contributed by atoms with E-state index < -0.39 is 0 Å². The molecule has 0 aliphatic carbocycles. The molecule has 136 valence electrons. The predicted molar refractivity (Wildman–Crippen MR) is 101 cm³/mol. The van der Waals surface area contributed by atoms with E-state index in [9.17, 15) is 4.79 Å². The van der Waals surface area contributed by atoms with Gasteiger partial charge in [0.05, 0.1) is 18.5 Å². The molecule has 0 fully saturated rings. The smallest absolute Gasteiger partial charge is 0.224 e. The average molecular weight is 344 g/mol. The van der Waals surface area contributed by atoms with Gasteiger partial charge >= 0.3 is 0 Å². The average Bonchev–Trinajstić information content (AvgIpc) is 2.79. The summed E-state index contributed by atoms with van der Waals surface area (Å²) in [6, 6.07) is 5.23. The van der Waals surface area contributed by atoms with Crippen LogP contribution in [0.4, 0.5) is 11.4 Å². The Kier molecular flexibility index (Phi) is 6.07. The summed E-state index contributed by atoms with van der Waals surface area (Å²) in [6.45, 7) is 9.30. The van der Waals surface area contributed by atoms with Crippen molar-refractivity contribution in [2.24, 2.45) is 5.92 Å². The molecule has 6 nitrogen and oxygen atoms in total. The van der Waals surface area contributed by atoms with Crippen molar-refractivity contribution in [1.82, 2.24) is 9.78 Å². The molecular formula is C19H28N4O2. The lowest BCUT2D eigenvalue weighted by molar-refractivity contribution is -0.116. The van der Waals surface area contributed by atoms with Crippen molar-refractivity contribution in [2.75, 3.05) is 18.2 Å². The third-order valence-electron chi connectivity index (χ3n) is 4.18. The van der Waals surface area contributed by atoms with E-state index in [-0.39, 0.29) is 5.91 Å². The molecule has 1 heterocycles. The Morgan fingerprint density at radius 2 is 2.08 bits per heavy atom. The van der Waals surface area contributed by atoms with Crippen molar-refractivity contribution in [2.45, 2.75) is 47.1 Å². The molecule has 1 aromatic carbocycles. The molecule has 0 aliphatic heterocycles. The van der Waals surface area contributed by atoms with Crippen LogP contribution in [0.1, 0.15) is 37.2 Å². The second-order valence-corrected chi connectivity index (χ2v) is 6.73. The largest absolute Gasteiger partial charge is 0.495 e. The SMILES string of the molecule is COc1ccc(NC(=O)CCc2c(C)nn(CC(C)C)c2C)cc1N. The van der Waals surface area contributed by atoms with Gasteiger partial charge in [-0.1, -0.05) is 13.8 Å². The lowest BCUT2D eigenvalue weighted by Crippen LogP contribution is -2.13. The van der Waals surface area contributed by atoms with Gasteiger partial charge in [0.15, 0.2) is 0 Å². The third-order valence-corrected chi connectivity index (χ3v) is 4.18. The minimum Gasteiger partial charge on any atom is -0.495 e. The van der Waals surface area contributed by atoms with Gasteiger partial charge in [-0.25, -0.2) is 0 Å². The summed E-state index contributed by atoms with van der Waals surface area (Å²) >= 11 is 0. The number of hydrogen-bond acceptors (Lipinski definition) is 4. The van der Waals surface area contributed by atoms with Gasteiger partial charge in [0.25, 0.3) is 0 Å². The number of ether oxygens (including phenoxy) is 1. The number of carbonyl (C=O) groups is 1. The Bertz CT molecular complexity index is 750. The monoisotopic (exact) mass is 344 g/mol. The van der Waals surface area contributed by atoms with Crippen molar-refractivity contribution in [3.05, 3.63) is 35.2 Å². The quantitative estimate of drug-likeness (QED) is 0.755. The minimum atomic E-state index is -0.0417.